The molecular formula is C21H23N3O3S2. The number of nitrogens with zero attached hydrogens (tertiary/aromatic N) is 1. The van der Waals surface area contributed by atoms with E-state index >= 15 is 0 Å². The molecule has 3 aromatic rings. The van der Waals surface area contributed by atoms with Crippen LogP contribution < -0.4 is 10.0 Å². The number of aryl methyl sites for hydroxylation is 3. The minimum absolute atomic E-state index is 0.0708. The predicted octanol–water partition coefficient (Wildman–Crippen LogP) is 4.37. The van der Waals surface area contributed by atoms with E-state index in [1.807, 2.05) is 5.38 Å². The summed E-state index contributed by atoms with van der Waals surface area (Å²) in [5.74, 6) is -0.0708. The molecule has 2 aromatic carbocycles. The molecule has 0 atom stereocenters. The zero-order valence-corrected chi connectivity index (χ0v) is 18.2. The fourth-order valence-electron chi connectivity index (χ4n) is 2.94. The number of sulfonamides is 1. The normalized spacial score (nSPS) is 11.3. The first-order chi connectivity index (χ1) is 13.7. The molecule has 8 heteroatoms. The fraction of sp³-hybridized carbons (Fsp3) is 0.238. The molecule has 0 radical (unpaired) electrons. The number of hydrogen-bond donors (Lipinski definition) is 2. The van der Waals surface area contributed by atoms with Gasteiger partial charge in [-0.2, -0.15) is 0 Å². The third kappa shape index (κ3) is 6.13. The van der Waals surface area contributed by atoms with Gasteiger partial charge in [0.15, 0.2) is 5.13 Å². The summed E-state index contributed by atoms with van der Waals surface area (Å²) >= 11 is 1.36. The Labute approximate surface area is 175 Å². The van der Waals surface area contributed by atoms with E-state index in [4.69, 9.17) is 0 Å². The lowest BCUT2D eigenvalue weighted by molar-refractivity contribution is -0.116. The van der Waals surface area contributed by atoms with Crippen molar-refractivity contribution in [1.29, 1.82) is 0 Å². The summed E-state index contributed by atoms with van der Waals surface area (Å²) in [4.78, 5) is 16.7. The van der Waals surface area contributed by atoms with E-state index in [9.17, 15) is 13.2 Å². The maximum Gasteiger partial charge on any atom is 0.229 e. The molecule has 0 aliphatic carbocycles. The monoisotopic (exact) mass is 429 g/mol. The zero-order valence-electron chi connectivity index (χ0n) is 16.5. The molecule has 6 nitrogen and oxygen atoms in total. The molecule has 1 heterocycles. The molecular weight excluding hydrogens is 406 g/mol. The van der Waals surface area contributed by atoms with Gasteiger partial charge in [0.05, 0.1) is 11.9 Å². The molecule has 1 amide bonds. The Hall–Kier alpha value is -2.71. The van der Waals surface area contributed by atoms with E-state index in [-0.39, 0.29) is 5.91 Å². The van der Waals surface area contributed by atoms with Crippen LogP contribution in [0.25, 0.3) is 11.3 Å². The molecule has 1 aromatic heterocycles. The third-order valence-corrected chi connectivity index (χ3v) is 5.72. The first-order valence-corrected chi connectivity index (χ1v) is 11.9. The van der Waals surface area contributed by atoms with Gasteiger partial charge >= 0.3 is 0 Å². The van der Waals surface area contributed by atoms with Crippen molar-refractivity contribution in [2.24, 2.45) is 0 Å². The minimum atomic E-state index is -3.31. The number of rotatable bonds is 7. The topological polar surface area (TPSA) is 88.2 Å². The summed E-state index contributed by atoms with van der Waals surface area (Å²) in [7, 11) is -3.31. The Bertz CT molecular complexity index is 1120. The first-order valence-electron chi connectivity index (χ1n) is 9.09. The molecule has 2 N–H and O–H groups in total. The SMILES string of the molecule is Cc1ccc(CCC(=O)Nc2nc(-c3ccc(NS(C)(=O)=O)cc3)cs2)c(C)c1. The maximum absolute atomic E-state index is 12.3. The Morgan fingerprint density at radius 3 is 2.48 bits per heavy atom. The minimum Gasteiger partial charge on any atom is -0.302 e. The lowest BCUT2D eigenvalue weighted by Crippen LogP contribution is -2.12. The van der Waals surface area contributed by atoms with Crippen molar-refractivity contribution >= 4 is 38.1 Å². The number of benzene rings is 2. The van der Waals surface area contributed by atoms with Crippen molar-refractivity contribution in [1.82, 2.24) is 4.98 Å². The molecule has 0 spiro atoms. The van der Waals surface area contributed by atoms with Crippen molar-refractivity contribution < 1.29 is 13.2 Å². The van der Waals surface area contributed by atoms with E-state index in [2.05, 4.69) is 47.1 Å². The largest absolute Gasteiger partial charge is 0.302 e. The van der Waals surface area contributed by atoms with Crippen molar-refractivity contribution in [3.05, 3.63) is 64.5 Å². The van der Waals surface area contributed by atoms with Gasteiger partial charge < -0.3 is 5.32 Å². The summed E-state index contributed by atoms with van der Waals surface area (Å²) < 4.78 is 25.0. The summed E-state index contributed by atoms with van der Waals surface area (Å²) in [6.45, 7) is 4.11. The Morgan fingerprint density at radius 2 is 1.83 bits per heavy atom. The summed E-state index contributed by atoms with van der Waals surface area (Å²) in [5, 5.41) is 5.26. The fourth-order valence-corrected chi connectivity index (χ4v) is 4.24. The van der Waals surface area contributed by atoms with Gasteiger partial charge in [-0.25, -0.2) is 13.4 Å². The van der Waals surface area contributed by atoms with Crippen LogP contribution in [-0.2, 0) is 21.2 Å². The number of carbonyl (C=O) groups is 1. The van der Waals surface area contributed by atoms with Crippen molar-refractivity contribution in [2.45, 2.75) is 26.7 Å². The number of carbonyl (C=O) groups excluding carboxylic acids is 1. The molecule has 152 valence electrons. The highest BCUT2D eigenvalue weighted by Gasteiger charge is 2.10. The summed E-state index contributed by atoms with van der Waals surface area (Å²) in [6, 6.07) is 13.2. The van der Waals surface area contributed by atoms with Crippen LogP contribution in [0.5, 0.6) is 0 Å². The van der Waals surface area contributed by atoms with Crippen LogP contribution in [0.15, 0.2) is 47.8 Å². The Balaban J connectivity index is 1.59. The second kappa shape index (κ2) is 8.75. The number of nitrogens with one attached hydrogen (secondary N) is 2. The highest BCUT2D eigenvalue weighted by atomic mass is 32.2. The average Bonchev–Trinajstić information content (AvgIpc) is 3.08. The predicted molar refractivity (Wildman–Crippen MR) is 119 cm³/mol. The maximum atomic E-state index is 12.3. The molecule has 0 saturated heterocycles. The van der Waals surface area contributed by atoms with Crippen molar-refractivity contribution in [3.63, 3.8) is 0 Å². The van der Waals surface area contributed by atoms with Gasteiger partial charge in [-0.05, 0) is 43.5 Å². The number of thiazole rings is 1. The molecule has 0 aliphatic rings. The van der Waals surface area contributed by atoms with E-state index in [1.54, 1.807) is 24.3 Å². The zero-order chi connectivity index (χ0) is 21.0. The van der Waals surface area contributed by atoms with E-state index < -0.39 is 10.0 Å². The summed E-state index contributed by atoms with van der Waals surface area (Å²) in [5.41, 5.74) is 5.65. The first kappa shape index (κ1) is 21.0. The molecule has 0 fully saturated rings. The van der Waals surface area contributed by atoms with Crippen LogP contribution in [-0.4, -0.2) is 25.6 Å². The Kier molecular flexibility index (Phi) is 6.34. The van der Waals surface area contributed by atoms with Gasteiger partial charge in [-0.15, -0.1) is 11.3 Å². The second-order valence-electron chi connectivity index (χ2n) is 6.97. The van der Waals surface area contributed by atoms with Crippen LogP contribution in [0.4, 0.5) is 10.8 Å². The average molecular weight is 430 g/mol. The van der Waals surface area contributed by atoms with E-state index in [0.29, 0.717) is 23.7 Å². The molecule has 0 saturated carbocycles. The lowest BCUT2D eigenvalue weighted by Gasteiger charge is -2.07. The van der Waals surface area contributed by atoms with Crippen molar-refractivity contribution in [2.75, 3.05) is 16.3 Å². The standard InChI is InChI=1S/C21H23N3O3S2/c1-14-4-5-16(15(2)12-14)8-11-20(25)23-21-22-19(13-28-21)17-6-9-18(10-7-17)24-29(3,26)27/h4-7,9-10,12-13,24H,8,11H2,1-3H3,(H,22,23,25). The van der Waals surface area contributed by atoms with Gasteiger partial charge in [0.2, 0.25) is 15.9 Å². The lowest BCUT2D eigenvalue weighted by atomic mass is 10.0. The van der Waals surface area contributed by atoms with Crippen LogP contribution in [0.3, 0.4) is 0 Å². The second-order valence-corrected chi connectivity index (χ2v) is 9.57. The number of anilines is 2. The Morgan fingerprint density at radius 1 is 1.10 bits per heavy atom. The molecule has 3 rings (SSSR count). The third-order valence-electron chi connectivity index (χ3n) is 4.35. The number of amides is 1. The summed E-state index contributed by atoms with van der Waals surface area (Å²) in [6.07, 6.45) is 2.19. The molecule has 0 aliphatic heterocycles. The van der Waals surface area contributed by atoms with E-state index in [1.165, 1.54) is 28.0 Å². The van der Waals surface area contributed by atoms with Crippen LogP contribution >= 0.6 is 11.3 Å². The van der Waals surface area contributed by atoms with Gasteiger partial charge in [-0.3, -0.25) is 9.52 Å². The highest BCUT2D eigenvalue weighted by molar-refractivity contribution is 7.92. The van der Waals surface area contributed by atoms with Gasteiger partial charge in [-0.1, -0.05) is 35.9 Å². The van der Waals surface area contributed by atoms with Crippen molar-refractivity contribution in [3.8, 4) is 11.3 Å². The number of aromatic nitrogens is 1. The number of hydrogen-bond acceptors (Lipinski definition) is 5. The molecule has 0 bridgehead atoms. The van der Waals surface area contributed by atoms with Crippen LogP contribution in [0.1, 0.15) is 23.1 Å². The van der Waals surface area contributed by atoms with Gasteiger partial charge in [0.25, 0.3) is 0 Å². The van der Waals surface area contributed by atoms with Gasteiger partial charge in [0.1, 0.15) is 0 Å². The smallest absolute Gasteiger partial charge is 0.229 e. The molecule has 29 heavy (non-hydrogen) atoms. The quantitative estimate of drug-likeness (QED) is 0.584. The molecule has 0 unspecified atom stereocenters. The van der Waals surface area contributed by atoms with Crippen LogP contribution in [0, 0.1) is 13.8 Å². The van der Waals surface area contributed by atoms with E-state index in [0.717, 1.165) is 17.5 Å². The van der Waals surface area contributed by atoms with Gasteiger partial charge in [0, 0.05) is 23.1 Å². The van der Waals surface area contributed by atoms with Crippen LogP contribution in [0.2, 0.25) is 0 Å². The highest BCUT2D eigenvalue weighted by Crippen LogP contribution is 2.26.